The predicted octanol–water partition coefficient (Wildman–Crippen LogP) is 3.67. The summed E-state index contributed by atoms with van der Waals surface area (Å²) in [6.45, 7) is 0. The van der Waals surface area contributed by atoms with Gasteiger partial charge in [0, 0.05) is 16.1 Å². The van der Waals surface area contributed by atoms with Crippen molar-refractivity contribution < 1.29 is 14.7 Å². The van der Waals surface area contributed by atoms with E-state index >= 15 is 0 Å². The molecule has 1 aromatic rings. The number of carboxylic acids is 1. The summed E-state index contributed by atoms with van der Waals surface area (Å²) in [4.78, 5) is 23.0. The molecule has 1 aliphatic rings. The zero-order chi connectivity index (χ0) is 13.8. The summed E-state index contributed by atoms with van der Waals surface area (Å²) in [5, 5.41) is 11.8. The predicted molar refractivity (Wildman–Crippen MR) is 76.3 cm³/mol. The minimum Gasteiger partial charge on any atom is -0.478 e. The van der Waals surface area contributed by atoms with Crippen molar-refractivity contribution in [3.8, 4) is 0 Å². The van der Waals surface area contributed by atoms with E-state index in [4.69, 9.17) is 5.11 Å². The highest BCUT2D eigenvalue weighted by Gasteiger charge is 2.21. The molecule has 1 fully saturated rings. The fourth-order valence-electron chi connectivity index (χ4n) is 2.39. The highest BCUT2D eigenvalue weighted by Crippen LogP contribution is 2.26. The van der Waals surface area contributed by atoms with E-state index < -0.39 is 5.97 Å². The van der Waals surface area contributed by atoms with Crippen LogP contribution in [0.3, 0.4) is 0 Å². The van der Waals surface area contributed by atoms with E-state index in [2.05, 4.69) is 21.2 Å². The first-order valence-electron chi connectivity index (χ1n) is 6.41. The third kappa shape index (κ3) is 3.80. The van der Waals surface area contributed by atoms with Crippen LogP contribution >= 0.6 is 15.9 Å². The molecule has 19 heavy (non-hydrogen) atoms. The molecule has 0 aliphatic heterocycles. The Bertz CT molecular complexity index is 495. The lowest BCUT2D eigenvalue weighted by Crippen LogP contribution is -2.24. The molecule has 2 N–H and O–H groups in total. The number of carboxylic acid groups (broad SMARTS) is 1. The Morgan fingerprint density at radius 1 is 1.16 bits per heavy atom. The van der Waals surface area contributed by atoms with Crippen molar-refractivity contribution in [2.45, 2.75) is 32.1 Å². The van der Waals surface area contributed by atoms with Crippen molar-refractivity contribution in [1.82, 2.24) is 0 Å². The van der Waals surface area contributed by atoms with Gasteiger partial charge in [0.05, 0.1) is 5.56 Å². The molecule has 102 valence electrons. The second-order valence-corrected chi connectivity index (χ2v) is 5.77. The lowest BCUT2D eigenvalue weighted by Gasteiger charge is -2.20. The largest absolute Gasteiger partial charge is 0.478 e. The average molecular weight is 326 g/mol. The summed E-state index contributed by atoms with van der Waals surface area (Å²) in [5.74, 6) is -0.954. The SMILES string of the molecule is O=C(O)c1cc(Br)cc(NC(=O)C2CCCCC2)c1. The number of benzene rings is 1. The van der Waals surface area contributed by atoms with Gasteiger partial charge in [-0.1, -0.05) is 35.2 Å². The highest BCUT2D eigenvalue weighted by atomic mass is 79.9. The van der Waals surface area contributed by atoms with Gasteiger partial charge >= 0.3 is 5.97 Å². The molecule has 0 spiro atoms. The van der Waals surface area contributed by atoms with Crippen LogP contribution in [-0.4, -0.2) is 17.0 Å². The fraction of sp³-hybridized carbons (Fsp3) is 0.429. The lowest BCUT2D eigenvalue weighted by molar-refractivity contribution is -0.120. The second-order valence-electron chi connectivity index (χ2n) is 4.86. The minimum absolute atomic E-state index is 0.00543. The van der Waals surface area contributed by atoms with Crippen molar-refractivity contribution in [3.05, 3.63) is 28.2 Å². The minimum atomic E-state index is -1.01. The van der Waals surface area contributed by atoms with E-state index in [0.717, 1.165) is 25.7 Å². The van der Waals surface area contributed by atoms with Crippen LogP contribution < -0.4 is 5.32 Å². The smallest absolute Gasteiger partial charge is 0.335 e. The number of anilines is 1. The monoisotopic (exact) mass is 325 g/mol. The second kappa shape index (κ2) is 6.19. The van der Waals surface area contributed by atoms with Crippen LogP contribution in [0.4, 0.5) is 5.69 Å². The van der Waals surface area contributed by atoms with Crippen molar-refractivity contribution >= 4 is 33.5 Å². The molecule has 0 bridgehead atoms. The van der Waals surface area contributed by atoms with Gasteiger partial charge in [0.25, 0.3) is 0 Å². The molecule has 1 amide bonds. The van der Waals surface area contributed by atoms with E-state index in [-0.39, 0.29) is 17.4 Å². The number of rotatable bonds is 3. The molecular weight excluding hydrogens is 310 g/mol. The van der Waals surface area contributed by atoms with Crippen molar-refractivity contribution in [1.29, 1.82) is 0 Å². The van der Waals surface area contributed by atoms with E-state index in [1.54, 1.807) is 6.07 Å². The summed E-state index contributed by atoms with van der Waals surface area (Å²) in [6, 6.07) is 4.71. The van der Waals surface area contributed by atoms with E-state index in [1.807, 2.05) is 0 Å². The van der Waals surface area contributed by atoms with Gasteiger partial charge in [-0.3, -0.25) is 4.79 Å². The first kappa shape index (κ1) is 14.1. The Labute approximate surface area is 120 Å². The van der Waals surface area contributed by atoms with Crippen LogP contribution in [-0.2, 0) is 4.79 Å². The van der Waals surface area contributed by atoms with Crippen LogP contribution in [0.25, 0.3) is 0 Å². The van der Waals surface area contributed by atoms with Crippen LogP contribution in [0.2, 0.25) is 0 Å². The van der Waals surface area contributed by atoms with Crippen molar-refractivity contribution in [2.24, 2.45) is 5.92 Å². The molecule has 1 aliphatic carbocycles. The number of nitrogens with one attached hydrogen (secondary N) is 1. The fourth-order valence-corrected chi connectivity index (χ4v) is 2.89. The Morgan fingerprint density at radius 3 is 2.47 bits per heavy atom. The zero-order valence-electron chi connectivity index (χ0n) is 10.5. The summed E-state index contributed by atoms with van der Waals surface area (Å²) < 4.78 is 0.645. The van der Waals surface area contributed by atoms with Crippen molar-refractivity contribution in [2.75, 3.05) is 5.32 Å². The summed E-state index contributed by atoms with van der Waals surface area (Å²) in [7, 11) is 0. The topological polar surface area (TPSA) is 66.4 Å². The number of aromatic carboxylic acids is 1. The van der Waals surface area contributed by atoms with Crippen LogP contribution in [0.15, 0.2) is 22.7 Å². The molecule has 0 saturated heterocycles. The normalized spacial score (nSPS) is 16.1. The molecule has 2 rings (SSSR count). The third-order valence-electron chi connectivity index (χ3n) is 3.39. The first-order valence-corrected chi connectivity index (χ1v) is 7.20. The standard InChI is InChI=1S/C14H16BrNO3/c15-11-6-10(14(18)19)7-12(8-11)16-13(17)9-4-2-1-3-5-9/h6-9H,1-5H2,(H,16,17)(H,18,19). The van der Waals surface area contributed by atoms with E-state index in [0.29, 0.717) is 10.2 Å². The Balaban J connectivity index is 2.09. The van der Waals surface area contributed by atoms with Gasteiger partial charge in [-0.15, -0.1) is 0 Å². The van der Waals surface area contributed by atoms with Crippen LogP contribution in [0, 0.1) is 5.92 Å². The molecule has 0 radical (unpaired) electrons. The number of amides is 1. The van der Waals surface area contributed by atoms with Gasteiger partial charge in [0.15, 0.2) is 0 Å². The Hall–Kier alpha value is -1.36. The van der Waals surface area contributed by atoms with Gasteiger partial charge in [-0.2, -0.15) is 0 Å². The maximum absolute atomic E-state index is 12.1. The first-order chi connectivity index (χ1) is 9.06. The Kier molecular flexibility index (Phi) is 4.58. The molecule has 1 saturated carbocycles. The van der Waals surface area contributed by atoms with Gasteiger partial charge < -0.3 is 10.4 Å². The van der Waals surface area contributed by atoms with Gasteiger partial charge in [0.1, 0.15) is 0 Å². The number of carbonyl (C=O) groups excluding carboxylic acids is 1. The third-order valence-corrected chi connectivity index (χ3v) is 3.85. The summed E-state index contributed by atoms with van der Waals surface area (Å²) in [6.07, 6.45) is 5.23. The average Bonchev–Trinajstić information content (AvgIpc) is 2.39. The molecule has 4 nitrogen and oxygen atoms in total. The molecule has 0 unspecified atom stereocenters. The van der Waals surface area contributed by atoms with E-state index in [9.17, 15) is 9.59 Å². The van der Waals surface area contributed by atoms with Crippen LogP contribution in [0.1, 0.15) is 42.5 Å². The van der Waals surface area contributed by atoms with Crippen LogP contribution in [0.5, 0.6) is 0 Å². The molecule has 1 aromatic carbocycles. The van der Waals surface area contributed by atoms with Gasteiger partial charge in [-0.25, -0.2) is 4.79 Å². The summed E-state index contributed by atoms with van der Waals surface area (Å²) in [5.41, 5.74) is 0.690. The molecule has 0 atom stereocenters. The number of hydrogen-bond donors (Lipinski definition) is 2. The van der Waals surface area contributed by atoms with E-state index in [1.165, 1.54) is 18.6 Å². The molecule has 0 aromatic heterocycles. The molecule has 5 heteroatoms. The number of hydrogen-bond acceptors (Lipinski definition) is 2. The summed E-state index contributed by atoms with van der Waals surface area (Å²) >= 11 is 3.25. The zero-order valence-corrected chi connectivity index (χ0v) is 12.1. The lowest BCUT2D eigenvalue weighted by atomic mass is 9.88. The Morgan fingerprint density at radius 2 is 1.84 bits per heavy atom. The maximum atomic E-state index is 12.1. The number of carbonyl (C=O) groups is 2. The number of halogens is 1. The molecular formula is C14H16BrNO3. The molecule has 0 heterocycles. The van der Waals surface area contributed by atoms with Gasteiger partial charge in [0.2, 0.25) is 5.91 Å². The highest BCUT2D eigenvalue weighted by molar-refractivity contribution is 9.10. The maximum Gasteiger partial charge on any atom is 0.335 e. The van der Waals surface area contributed by atoms with Gasteiger partial charge in [-0.05, 0) is 31.0 Å². The quantitative estimate of drug-likeness (QED) is 0.891. The van der Waals surface area contributed by atoms with Crippen molar-refractivity contribution in [3.63, 3.8) is 0 Å².